The van der Waals surface area contributed by atoms with Crippen molar-refractivity contribution in [3.8, 4) is 11.5 Å². The van der Waals surface area contributed by atoms with E-state index in [1.807, 2.05) is 11.8 Å². The van der Waals surface area contributed by atoms with Crippen LogP contribution in [0.1, 0.15) is 18.5 Å². The van der Waals surface area contributed by atoms with E-state index < -0.39 is 5.60 Å². The van der Waals surface area contributed by atoms with Gasteiger partial charge in [0.1, 0.15) is 12.3 Å². The lowest BCUT2D eigenvalue weighted by molar-refractivity contribution is 0.0111. The number of benzene rings is 1. The van der Waals surface area contributed by atoms with Crippen LogP contribution in [-0.4, -0.2) is 42.3 Å². The second-order valence-corrected chi connectivity index (χ2v) is 6.73. The van der Waals surface area contributed by atoms with E-state index >= 15 is 0 Å². The van der Waals surface area contributed by atoms with Crippen LogP contribution in [0.4, 0.5) is 0 Å². The predicted molar refractivity (Wildman–Crippen MR) is 84.0 cm³/mol. The Labute approximate surface area is 133 Å². The maximum Gasteiger partial charge on any atom is 0.161 e. The maximum absolute atomic E-state index is 10.5. The molecule has 0 bridgehead atoms. The van der Waals surface area contributed by atoms with Crippen LogP contribution in [0.3, 0.4) is 0 Å². The van der Waals surface area contributed by atoms with Crippen LogP contribution in [0.25, 0.3) is 0 Å². The number of aliphatic hydroxyl groups is 1. The summed E-state index contributed by atoms with van der Waals surface area (Å²) in [5.41, 5.74) is -0.0218. The van der Waals surface area contributed by atoms with E-state index in [2.05, 4.69) is 10.3 Å². The van der Waals surface area contributed by atoms with Crippen molar-refractivity contribution < 1.29 is 14.9 Å². The number of hydrogen-bond donors (Lipinski definition) is 2. The summed E-state index contributed by atoms with van der Waals surface area (Å²) in [7, 11) is 0. The molecule has 1 aliphatic rings. The summed E-state index contributed by atoms with van der Waals surface area (Å²) in [5, 5.41) is 28.2. The molecule has 3 rings (SSSR count). The van der Waals surface area contributed by atoms with Gasteiger partial charge in [-0.1, -0.05) is 17.3 Å². The highest BCUT2D eigenvalue weighted by atomic mass is 32.2. The van der Waals surface area contributed by atoms with E-state index in [0.717, 1.165) is 24.3 Å². The molecule has 118 valence electrons. The van der Waals surface area contributed by atoms with Crippen molar-refractivity contribution >= 4 is 11.8 Å². The molecule has 0 unspecified atom stereocenters. The van der Waals surface area contributed by atoms with Gasteiger partial charge in [-0.15, -0.1) is 5.10 Å². The fourth-order valence-corrected chi connectivity index (χ4v) is 3.68. The van der Waals surface area contributed by atoms with Crippen molar-refractivity contribution in [1.82, 2.24) is 15.0 Å². The number of aromatic hydroxyl groups is 1. The first-order valence-corrected chi connectivity index (χ1v) is 8.40. The molecule has 1 saturated heterocycles. The molecule has 0 saturated carbocycles. The zero-order valence-corrected chi connectivity index (χ0v) is 13.0. The minimum absolute atomic E-state index is 0.101. The Hall–Kier alpha value is -1.73. The van der Waals surface area contributed by atoms with Gasteiger partial charge in [-0.3, -0.25) is 0 Å². The van der Waals surface area contributed by atoms with Gasteiger partial charge in [0.15, 0.2) is 11.5 Å². The van der Waals surface area contributed by atoms with E-state index in [4.69, 9.17) is 4.74 Å². The van der Waals surface area contributed by atoms with Crippen molar-refractivity contribution in [2.75, 3.05) is 11.5 Å². The van der Waals surface area contributed by atoms with Crippen LogP contribution >= 0.6 is 11.8 Å². The number of hydrogen-bond acceptors (Lipinski definition) is 6. The quantitative estimate of drug-likeness (QED) is 0.874. The molecule has 1 aliphatic heterocycles. The van der Waals surface area contributed by atoms with Gasteiger partial charge in [-0.2, -0.15) is 11.8 Å². The molecule has 0 amide bonds. The van der Waals surface area contributed by atoms with E-state index in [1.54, 1.807) is 35.1 Å². The zero-order chi connectivity index (χ0) is 15.4. The molecule has 1 fully saturated rings. The van der Waals surface area contributed by atoms with Crippen molar-refractivity contribution in [1.29, 1.82) is 0 Å². The Morgan fingerprint density at radius 2 is 2.05 bits per heavy atom. The van der Waals surface area contributed by atoms with Crippen LogP contribution in [0.5, 0.6) is 11.5 Å². The molecule has 22 heavy (non-hydrogen) atoms. The van der Waals surface area contributed by atoms with Gasteiger partial charge < -0.3 is 14.9 Å². The average molecular weight is 321 g/mol. The standard InChI is InChI=1S/C15H19N3O3S/c19-13-3-1-2-4-14(13)21-10-12-9-18(17-16-12)11-15(20)5-7-22-8-6-15/h1-4,9,19-20H,5-8,10-11H2. The fraction of sp³-hybridized carbons (Fsp3) is 0.467. The number of ether oxygens (including phenoxy) is 1. The van der Waals surface area contributed by atoms with Crippen molar-refractivity contribution in [2.24, 2.45) is 0 Å². The topological polar surface area (TPSA) is 80.4 Å². The van der Waals surface area contributed by atoms with Gasteiger partial charge in [-0.25, -0.2) is 4.68 Å². The highest BCUT2D eigenvalue weighted by Crippen LogP contribution is 2.28. The summed E-state index contributed by atoms with van der Waals surface area (Å²) in [6.07, 6.45) is 3.34. The molecule has 2 aromatic rings. The number of aromatic nitrogens is 3. The monoisotopic (exact) mass is 321 g/mol. The maximum atomic E-state index is 10.5. The van der Waals surface area contributed by atoms with Gasteiger partial charge in [0, 0.05) is 0 Å². The number of nitrogens with zero attached hydrogens (tertiary/aromatic N) is 3. The number of phenols is 1. The number of thioether (sulfide) groups is 1. The van der Waals surface area contributed by atoms with Crippen LogP contribution in [0, 0.1) is 0 Å². The predicted octanol–water partition coefficient (Wildman–Crippen LogP) is 1.82. The average Bonchev–Trinajstić information content (AvgIpc) is 2.94. The molecule has 0 radical (unpaired) electrons. The fourth-order valence-electron chi connectivity index (χ4n) is 2.42. The van der Waals surface area contributed by atoms with Gasteiger partial charge in [-0.05, 0) is 36.5 Å². The first kappa shape index (κ1) is 15.2. The van der Waals surface area contributed by atoms with E-state index in [9.17, 15) is 10.2 Å². The third-order valence-electron chi connectivity index (χ3n) is 3.71. The van der Waals surface area contributed by atoms with E-state index in [1.165, 1.54) is 0 Å². The second-order valence-electron chi connectivity index (χ2n) is 5.50. The lowest BCUT2D eigenvalue weighted by atomic mass is 9.97. The second kappa shape index (κ2) is 6.58. The molecule has 7 heteroatoms. The molecule has 1 aromatic carbocycles. The lowest BCUT2D eigenvalue weighted by Gasteiger charge is -2.31. The minimum atomic E-state index is -0.686. The summed E-state index contributed by atoms with van der Waals surface area (Å²) in [5.74, 6) is 2.48. The molecule has 2 heterocycles. The van der Waals surface area contributed by atoms with Crippen LogP contribution in [0.15, 0.2) is 30.5 Å². The summed E-state index contributed by atoms with van der Waals surface area (Å²) in [4.78, 5) is 0. The van der Waals surface area contributed by atoms with Gasteiger partial charge in [0.25, 0.3) is 0 Å². The summed E-state index contributed by atoms with van der Waals surface area (Å²) >= 11 is 1.87. The first-order valence-electron chi connectivity index (χ1n) is 7.25. The SMILES string of the molecule is Oc1ccccc1OCc1cn(CC2(O)CCSCC2)nn1. The highest BCUT2D eigenvalue weighted by molar-refractivity contribution is 7.99. The van der Waals surface area contributed by atoms with Crippen molar-refractivity contribution in [3.05, 3.63) is 36.2 Å². The summed E-state index contributed by atoms with van der Waals surface area (Å²) < 4.78 is 7.19. The van der Waals surface area contributed by atoms with Gasteiger partial charge in [0.05, 0.1) is 18.3 Å². The van der Waals surface area contributed by atoms with Crippen LogP contribution < -0.4 is 4.74 Å². The Morgan fingerprint density at radius 3 is 2.82 bits per heavy atom. The molecular weight excluding hydrogens is 302 g/mol. The summed E-state index contributed by atoms with van der Waals surface area (Å²) in [6, 6.07) is 6.80. The number of rotatable bonds is 5. The van der Waals surface area contributed by atoms with Gasteiger partial charge >= 0.3 is 0 Å². The molecule has 0 spiro atoms. The first-order chi connectivity index (χ1) is 10.6. The smallest absolute Gasteiger partial charge is 0.161 e. The molecule has 6 nitrogen and oxygen atoms in total. The van der Waals surface area contributed by atoms with Gasteiger partial charge in [0.2, 0.25) is 0 Å². The Kier molecular flexibility index (Phi) is 4.54. The van der Waals surface area contributed by atoms with E-state index in [-0.39, 0.29) is 12.4 Å². The minimum Gasteiger partial charge on any atom is -0.504 e. The number of phenolic OH excluding ortho intramolecular Hbond substituents is 1. The highest BCUT2D eigenvalue weighted by Gasteiger charge is 2.30. The molecule has 0 aliphatic carbocycles. The number of para-hydroxylation sites is 2. The zero-order valence-electron chi connectivity index (χ0n) is 12.2. The van der Waals surface area contributed by atoms with Crippen LogP contribution in [-0.2, 0) is 13.2 Å². The van der Waals surface area contributed by atoms with Crippen LogP contribution in [0.2, 0.25) is 0 Å². The Bertz CT molecular complexity index is 626. The third-order valence-corrected chi connectivity index (χ3v) is 4.69. The lowest BCUT2D eigenvalue weighted by Crippen LogP contribution is -2.38. The molecular formula is C15H19N3O3S. The summed E-state index contributed by atoms with van der Waals surface area (Å²) in [6.45, 7) is 0.684. The molecule has 0 atom stereocenters. The normalized spacial score (nSPS) is 17.3. The Morgan fingerprint density at radius 1 is 1.27 bits per heavy atom. The van der Waals surface area contributed by atoms with Crippen molar-refractivity contribution in [3.63, 3.8) is 0 Å². The largest absolute Gasteiger partial charge is 0.504 e. The molecule has 2 N–H and O–H groups in total. The third kappa shape index (κ3) is 3.72. The van der Waals surface area contributed by atoms with E-state index in [0.29, 0.717) is 18.0 Å². The van der Waals surface area contributed by atoms with Crippen molar-refractivity contribution in [2.45, 2.75) is 31.6 Å². The molecule has 1 aromatic heterocycles. The Balaban J connectivity index is 1.58.